The summed E-state index contributed by atoms with van der Waals surface area (Å²) in [7, 11) is 0. The second-order valence-electron chi connectivity index (χ2n) is 8.51. The highest BCUT2D eigenvalue weighted by molar-refractivity contribution is 5.80. The molecule has 2 N–H and O–H groups in total. The summed E-state index contributed by atoms with van der Waals surface area (Å²) in [5.74, 6) is 1.92. The molecule has 3 fully saturated rings. The Balaban J connectivity index is 1.30. The van der Waals surface area contributed by atoms with Crippen LogP contribution >= 0.6 is 0 Å². The minimum Gasteiger partial charge on any atom is -0.469 e. The predicted molar refractivity (Wildman–Crippen MR) is 113 cm³/mol. The molecule has 162 valence electrons. The monoisotopic (exact) mass is 404 g/mol. The van der Waals surface area contributed by atoms with Crippen molar-refractivity contribution >= 4 is 5.96 Å². The quantitative estimate of drug-likeness (QED) is 0.536. The number of nitrogens with one attached hydrogen (secondary N) is 2. The van der Waals surface area contributed by atoms with Gasteiger partial charge in [0, 0.05) is 45.2 Å². The van der Waals surface area contributed by atoms with Gasteiger partial charge in [0.25, 0.3) is 0 Å². The summed E-state index contributed by atoms with van der Waals surface area (Å²) >= 11 is 0. The molecule has 2 saturated heterocycles. The van der Waals surface area contributed by atoms with Crippen LogP contribution in [-0.2, 0) is 15.9 Å². The number of hydrogen-bond donors (Lipinski definition) is 2. The van der Waals surface area contributed by atoms with Crippen LogP contribution in [0.25, 0.3) is 0 Å². The highest BCUT2D eigenvalue weighted by atomic mass is 16.5. The Bertz CT molecular complexity index is 622. The van der Waals surface area contributed by atoms with Gasteiger partial charge in [-0.1, -0.05) is 12.8 Å². The molecule has 3 aliphatic rings. The summed E-state index contributed by atoms with van der Waals surface area (Å²) < 4.78 is 17.1. The Hall–Kier alpha value is -1.57. The molecule has 7 nitrogen and oxygen atoms in total. The van der Waals surface area contributed by atoms with Gasteiger partial charge in [-0.05, 0) is 37.8 Å². The van der Waals surface area contributed by atoms with Gasteiger partial charge < -0.3 is 24.5 Å². The molecule has 0 aromatic carbocycles. The normalized spacial score (nSPS) is 25.4. The molecule has 0 radical (unpaired) electrons. The average Bonchev–Trinajstić information content (AvgIpc) is 3.41. The molecule has 1 unspecified atom stereocenters. The highest BCUT2D eigenvalue weighted by Gasteiger charge is 2.40. The largest absolute Gasteiger partial charge is 0.469 e. The predicted octanol–water partition coefficient (Wildman–Crippen LogP) is 2.18. The Morgan fingerprint density at radius 1 is 1.21 bits per heavy atom. The molecule has 0 bridgehead atoms. The van der Waals surface area contributed by atoms with Gasteiger partial charge in [0.15, 0.2) is 5.96 Å². The zero-order chi connectivity index (χ0) is 19.8. The van der Waals surface area contributed by atoms with Crippen LogP contribution in [0.5, 0.6) is 0 Å². The number of nitrogens with zero attached hydrogens (tertiary/aromatic N) is 2. The topological polar surface area (TPSA) is 71.3 Å². The van der Waals surface area contributed by atoms with Gasteiger partial charge in [0.05, 0.1) is 31.6 Å². The maximum Gasteiger partial charge on any atom is 0.191 e. The van der Waals surface area contributed by atoms with Gasteiger partial charge in [-0.15, -0.1) is 0 Å². The lowest BCUT2D eigenvalue weighted by Gasteiger charge is -2.39. The Morgan fingerprint density at radius 3 is 2.86 bits per heavy atom. The molecule has 4 rings (SSSR count). The van der Waals surface area contributed by atoms with Crippen LogP contribution < -0.4 is 10.6 Å². The first-order valence-electron chi connectivity index (χ1n) is 11.3. The molecule has 29 heavy (non-hydrogen) atoms. The lowest BCUT2D eigenvalue weighted by atomic mass is 9.89. The standard InChI is InChI=1S/C22H36N4O3/c1-2-8-22(7-1)18-19(6-15-29-22)25-21(23-9-5-20-4-3-14-28-20)24-10-11-26-12-16-27-17-13-26/h3-4,14,19H,1-2,5-13,15-18H2,(H2,23,24,25). The van der Waals surface area contributed by atoms with Crippen molar-refractivity contribution in [2.45, 2.75) is 56.6 Å². The summed E-state index contributed by atoms with van der Waals surface area (Å²) in [5, 5.41) is 7.23. The molecule has 1 aliphatic carbocycles. The fraction of sp³-hybridized carbons (Fsp3) is 0.773. The number of furan rings is 1. The van der Waals surface area contributed by atoms with Gasteiger partial charge in [0.1, 0.15) is 5.76 Å². The van der Waals surface area contributed by atoms with E-state index in [4.69, 9.17) is 18.9 Å². The Morgan fingerprint density at radius 2 is 2.07 bits per heavy atom. The summed E-state index contributed by atoms with van der Waals surface area (Å²) in [6.07, 6.45) is 9.74. The maximum absolute atomic E-state index is 6.20. The van der Waals surface area contributed by atoms with Crippen LogP contribution in [0.15, 0.2) is 27.8 Å². The van der Waals surface area contributed by atoms with Crippen molar-refractivity contribution in [2.24, 2.45) is 4.99 Å². The molecular weight excluding hydrogens is 368 g/mol. The first-order valence-corrected chi connectivity index (χ1v) is 11.3. The van der Waals surface area contributed by atoms with E-state index in [2.05, 4.69) is 15.5 Å². The number of guanidine groups is 1. The first kappa shape index (κ1) is 20.7. The van der Waals surface area contributed by atoms with E-state index in [1.807, 2.05) is 12.1 Å². The van der Waals surface area contributed by atoms with E-state index in [0.717, 1.165) is 83.5 Å². The second-order valence-corrected chi connectivity index (χ2v) is 8.51. The third-order valence-electron chi connectivity index (χ3n) is 6.38. The number of rotatable bonds is 7. The molecule has 1 aromatic rings. The molecule has 3 heterocycles. The summed E-state index contributed by atoms with van der Waals surface area (Å²) in [5.41, 5.74) is 0.114. The zero-order valence-corrected chi connectivity index (χ0v) is 17.5. The van der Waals surface area contributed by atoms with Gasteiger partial charge in [-0.3, -0.25) is 9.89 Å². The molecule has 7 heteroatoms. The molecule has 1 spiro atoms. The van der Waals surface area contributed by atoms with Crippen LogP contribution in [0.3, 0.4) is 0 Å². The van der Waals surface area contributed by atoms with E-state index in [1.54, 1.807) is 6.26 Å². The lowest BCUT2D eigenvalue weighted by molar-refractivity contribution is -0.0815. The van der Waals surface area contributed by atoms with Crippen LogP contribution in [-0.4, -0.2) is 75.0 Å². The SMILES string of the molecule is c1coc(CCNC(=NCCN2CCOCC2)NC2CCOC3(CCCC3)C2)c1. The molecule has 0 amide bonds. The highest BCUT2D eigenvalue weighted by Crippen LogP contribution is 2.39. The smallest absolute Gasteiger partial charge is 0.191 e. The fourth-order valence-electron chi connectivity index (χ4n) is 4.75. The van der Waals surface area contributed by atoms with Crippen molar-refractivity contribution in [3.8, 4) is 0 Å². The van der Waals surface area contributed by atoms with Crippen LogP contribution in [0, 0.1) is 0 Å². The van der Waals surface area contributed by atoms with Crippen molar-refractivity contribution in [1.29, 1.82) is 0 Å². The summed E-state index contributed by atoms with van der Waals surface area (Å²) in [4.78, 5) is 7.31. The minimum atomic E-state index is 0.114. The molecule has 1 aromatic heterocycles. The van der Waals surface area contributed by atoms with E-state index in [-0.39, 0.29) is 5.60 Å². The van der Waals surface area contributed by atoms with Crippen molar-refractivity contribution in [1.82, 2.24) is 15.5 Å². The number of ether oxygens (including phenoxy) is 2. The van der Waals surface area contributed by atoms with Crippen molar-refractivity contribution < 1.29 is 13.9 Å². The molecular formula is C22H36N4O3. The molecule has 1 atom stereocenters. The summed E-state index contributed by atoms with van der Waals surface area (Å²) in [6, 6.07) is 4.39. The first-order chi connectivity index (χ1) is 14.3. The minimum absolute atomic E-state index is 0.114. The van der Waals surface area contributed by atoms with Gasteiger partial charge in [-0.2, -0.15) is 0 Å². The second kappa shape index (κ2) is 10.5. The van der Waals surface area contributed by atoms with Crippen LogP contribution in [0.4, 0.5) is 0 Å². The molecule has 1 saturated carbocycles. The van der Waals surface area contributed by atoms with Crippen molar-refractivity contribution in [2.75, 3.05) is 52.5 Å². The Labute approximate surface area is 174 Å². The van der Waals surface area contributed by atoms with Crippen LogP contribution in [0.2, 0.25) is 0 Å². The number of hydrogen-bond acceptors (Lipinski definition) is 5. The third kappa shape index (κ3) is 6.20. The maximum atomic E-state index is 6.20. The van der Waals surface area contributed by atoms with Gasteiger partial charge in [0.2, 0.25) is 0 Å². The van der Waals surface area contributed by atoms with E-state index < -0.39 is 0 Å². The van der Waals surface area contributed by atoms with Gasteiger partial charge in [-0.25, -0.2) is 0 Å². The van der Waals surface area contributed by atoms with Crippen molar-refractivity contribution in [3.63, 3.8) is 0 Å². The number of morpholine rings is 1. The fourth-order valence-corrected chi connectivity index (χ4v) is 4.75. The molecule has 2 aliphatic heterocycles. The summed E-state index contributed by atoms with van der Waals surface area (Å²) in [6.45, 7) is 7.12. The van der Waals surface area contributed by atoms with Gasteiger partial charge >= 0.3 is 0 Å². The van der Waals surface area contributed by atoms with Crippen molar-refractivity contribution in [3.05, 3.63) is 24.2 Å². The number of aliphatic imine (C=N–C) groups is 1. The van der Waals surface area contributed by atoms with Crippen LogP contribution in [0.1, 0.15) is 44.3 Å². The average molecular weight is 405 g/mol. The lowest BCUT2D eigenvalue weighted by Crippen LogP contribution is -2.51. The van der Waals surface area contributed by atoms with E-state index >= 15 is 0 Å². The van der Waals surface area contributed by atoms with E-state index in [0.29, 0.717) is 6.04 Å². The Kier molecular flexibility index (Phi) is 7.46. The van der Waals surface area contributed by atoms with E-state index in [9.17, 15) is 0 Å². The van der Waals surface area contributed by atoms with E-state index in [1.165, 1.54) is 25.7 Å². The zero-order valence-electron chi connectivity index (χ0n) is 17.5. The third-order valence-corrected chi connectivity index (χ3v) is 6.38.